The third kappa shape index (κ3) is 2.48. The monoisotopic (exact) mass is 297 g/mol. The largest absolute Gasteiger partial charge is 0.198 e. The van der Waals surface area contributed by atoms with E-state index in [2.05, 4.69) is 39.2 Å². The van der Waals surface area contributed by atoms with Gasteiger partial charge >= 0.3 is 0 Å². The van der Waals surface area contributed by atoms with E-state index in [4.69, 9.17) is 5.26 Å². The minimum Gasteiger partial charge on any atom is -0.198 e. The van der Waals surface area contributed by atoms with Crippen molar-refractivity contribution in [2.75, 3.05) is 0 Å². The second kappa shape index (κ2) is 5.95. The Bertz CT molecular complexity index is 738. The summed E-state index contributed by atoms with van der Waals surface area (Å²) in [5.41, 5.74) is 3.17. The maximum absolute atomic E-state index is 8.75. The molecule has 20 heavy (non-hydrogen) atoms. The minimum atomic E-state index is 0.533. The number of benzene rings is 1. The summed E-state index contributed by atoms with van der Waals surface area (Å²) in [7, 11) is 0. The molecule has 5 heteroatoms. The molecule has 3 rings (SSSR count). The van der Waals surface area contributed by atoms with Gasteiger partial charge in [0.15, 0.2) is 0 Å². The van der Waals surface area contributed by atoms with E-state index >= 15 is 0 Å². The predicted octanol–water partition coefficient (Wildman–Crippen LogP) is 4.39. The Morgan fingerprint density at radius 1 is 1.15 bits per heavy atom. The molecule has 0 radical (unpaired) electrons. The fourth-order valence-electron chi connectivity index (χ4n) is 2.06. The molecule has 0 aliphatic heterocycles. The Morgan fingerprint density at radius 2 is 2.00 bits per heavy atom. The zero-order valence-corrected chi connectivity index (χ0v) is 12.2. The Labute approximate surface area is 125 Å². The Hall–Kier alpha value is -2.03. The lowest BCUT2D eigenvalue weighted by Gasteiger charge is -2.02. The van der Waals surface area contributed by atoms with Gasteiger partial charge < -0.3 is 0 Å². The molecule has 0 saturated heterocycles. The van der Waals surface area contributed by atoms with Gasteiger partial charge in [-0.05, 0) is 35.0 Å². The second-order valence-corrected chi connectivity index (χ2v) is 5.99. The number of nitrogens with zero attached hydrogens (tertiary/aromatic N) is 3. The number of nitriles is 1. The molecule has 0 bridgehead atoms. The quantitative estimate of drug-likeness (QED) is 0.717. The van der Waals surface area contributed by atoms with Gasteiger partial charge in [-0.15, -0.1) is 16.4 Å². The third-order valence-corrected chi connectivity index (χ3v) is 4.74. The van der Waals surface area contributed by atoms with E-state index in [0.717, 1.165) is 28.1 Å². The SMILES string of the molecule is N#CCCc1sccc1-c1nnsc1-c1ccccc1. The van der Waals surface area contributed by atoms with E-state index in [1.807, 2.05) is 18.2 Å². The first-order chi connectivity index (χ1) is 9.90. The van der Waals surface area contributed by atoms with E-state index in [1.54, 1.807) is 11.3 Å². The molecule has 0 unspecified atom stereocenters. The van der Waals surface area contributed by atoms with Crippen LogP contribution in [0.2, 0.25) is 0 Å². The van der Waals surface area contributed by atoms with Gasteiger partial charge in [-0.3, -0.25) is 0 Å². The van der Waals surface area contributed by atoms with Crippen molar-refractivity contribution in [3.8, 4) is 27.8 Å². The normalized spacial score (nSPS) is 10.3. The van der Waals surface area contributed by atoms with Crippen molar-refractivity contribution in [2.24, 2.45) is 0 Å². The van der Waals surface area contributed by atoms with Crippen LogP contribution in [-0.4, -0.2) is 9.59 Å². The molecular formula is C15H11N3S2. The third-order valence-electron chi connectivity index (χ3n) is 2.99. The van der Waals surface area contributed by atoms with Crippen molar-refractivity contribution in [3.63, 3.8) is 0 Å². The standard InChI is InChI=1S/C15H11N3S2/c16-9-4-7-13-12(8-10-19-13)14-15(20-18-17-14)11-5-2-1-3-6-11/h1-3,5-6,8,10H,4,7H2. The van der Waals surface area contributed by atoms with Crippen LogP contribution in [0.1, 0.15) is 11.3 Å². The van der Waals surface area contributed by atoms with Crippen LogP contribution in [0.3, 0.4) is 0 Å². The molecule has 1 aromatic carbocycles. The number of aryl methyl sites for hydroxylation is 1. The minimum absolute atomic E-state index is 0.533. The molecular weight excluding hydrogens is 286 g/mol. The van der Waals surface area contributed by atoms with E-state index in [9.17, 15) is 0 Å². The molecule has 0 spiro atoms. The first kappa shape index (κ1) is 13.0. The second-order valence-electron chi connectivity index (χ2n) is 4.23. The molecule has 0 amide bonds. The summed E-state index contributed by atoms with van der Waals surface area (Å²) in [6, 6.07) is 14.4. The average molecular weight is 297 g/mol. The fourth-order valence-corrected chi connectivity index (χ4v) is 3.62. The van der Waals surface area contributed by atoms with Crippen molar-refractivity contribution in [1.82, 2.24) is 9.59 Å². The first-order valence-corrected chi connectivity index (χ1v) is 7.87. The molecule has 2 aromatic heterocycles. The van der Waals surface area contributed by atoms with Crippen molar-refractivity contribution in [3.05, 3.63) is 46.7 Å². The summed E-state index contributed by atoms with van der Waals surface area (Å²) in [6.45, 7) is 0. The molecule has 98 valence electrons. The summed E-state index contributed by atoms with van der Waals surface area (Å²) in [4.78, 5) is 2.29. The molecule has 0 N–H and O–H groups in total. The molecule has 0 atom stereocenters. The van der Waals surface area contributed by atoms with Gasteiger partial charge in [-0.25, -0.2) is 0 Å². The van der Waals surface area contributed by atoms with E-state index in [0.29, 0.717) is 6.42 Å². The average Bonchev–Trinajstić information content (AvgIpc) is 3.14. The number of aromatic nitrogens is 2. The Kier molecular flexibility index (Phi) is 3.86. The van der Waals surface area contributed by atoms with Gasteiger partial charge in [0.2, 0.25) is 0 Å². The molecule has 0 aliphatic rings. The Balaban J connectivity index is 2.03. The lowest BCUT2D eigenvalue weighted by atomic mass is 10.1. The lowest BCUT2D eigenvalue weighted by molar-refractivity contribution is 1.03. The highest BCUT2D eigenvalue weighted by Gasteiger charge is 2.16. The van der Waals surface area contributed by atoms with Crippen LogP contribution in [0.4, 0.5) is 0 Å². The molecule has 0 aliphatic carbocycles. The first-order valence-electron chi connectivity index (χ1n) is 6.21. The molecule has 0 saturated carbocycles. The summed E-state index contributed by atoms with van der Waals surface area (Å²) in [5, 5.41) is 15.1. The van der Waals surface area contributed by atoms with Gasteiger partial charge in [-0.1, -0.05) is 34.8 Å². The van der Waals surface area contributed by atoms with Crippen molar-refractivity contribution >= 4 is 22.9 Å². The molecule has 3 aromatic rings. The van der Waals surface area contributed by atoms with E-state index in [-0.39, 0.29) is 0 Å². The smallest absolute Gasteiger partial charge is 0.114 e. The van der Waals surface area contributed by atoms with Gasteiger partial charge in [0.1, 0.15) is 5.69 Å². The number of hydrogen-bond donors (Lipinski definition) is 0. The van der Waals surface area contributed by atoms with Gasteiger partial charge in [0.05, 0.1) is 10.9 Å². The summed E-state index contributed by atoms with van der Waals surface area (Å²) < 4.78 is 4.11. The molecule has 3 nitrogen and oxygen atoms in total. The summed E-state index contributed by atoms with van der Waals surface area (Å²) in [6.07, 6.45) is 1.31. The van der Waals surface area contributed by atoms with E-state index in [1.165, 1.54) is 16.4 Å². The predicted molar refractivity (Wildman–Crippen MR) is 82.6 cm³/mol. The zero-order valence-electron chi connectivity index (χ0n) is 10.6. The molecule has 2 heterocycles. The maximum atomic E-state index is 8.75. The van der Waals surface area contributed by atoms with Gasteiger partial charge in [0, 0.05) is 16.9 Å². The van der Waals surface area contributed by atoms with Crippen LogP contribution in [0.15, 0.2) is 41.8 Å². The number of thiophene rings is 1. The van der Waals surface area contributed by atoms with Gasteiger partial charge in [-0.2, -0.15) is 5.26 Å². The van der Waals surface area contributed by atoms with Crippen LogP contribution < -0.4 is 0 Å². The van der Waals surface area contributed by atoms with Crippen LogP contribution in [-0.2, 0) is 6.42 Å². The van der Waals surface area contributed by atoms with Crippen LogP contribution >= 0.6 is 22.9 Å². The Morgan fingerprint density at radius 3 is 2.80 bits per heavy atom. The highest BCUT2D eigenvalue weighted by atomic mass is 32.1. The highest BCUT2D eigenvalue weighted by Crippen LogP contribution is 2.37. The summed E-state index contributed by atoms with van der Waals surface area (Å²) >= 11 is 3.09. The fraction of sp³-hybridized carbons (Fsp3) is 0.133. The van der Waals surface area contributed by atoms with Crippen molar-refractivity contribution < 1.29 is 0 Å². The topological polar surface area (TPSA) is 49.6 Å². The van der Waals surface area contributed by atoms with Crippen LogP contribution in [0, 0.1) is 11.3 Å². The number of rotatable bonds is 4. The van der Waals surface area contributed by atoms with Crippen LogP contribution in [0.5, 0.6) is 0 Å². The lowest BCUT2D eigenvalue weighted by Crippen LogP contribution is -1.86. The van der Waals surface area contributed by atoms with E-state index < -0.39 is 0 Å². The summed E-state index contributed by atoms with van der Waals surface area (Å²) in [5.74, 6) is 0. The molecule has 0 fully saturated rings. The number of hydrogen-bond acceptors (Lipinski definition) is 5. The van der Waals surface area contributed by atoms with Gasteiger partial charge in [0.25, 0.3) is 0 Å². The van der Waals surface area contributed by atoms with Crippen molar-refractivity contribution in [1.29, 1.82) is 5.26 Å². The maximum Gasteiger partial charge on any atom is 0.114 e. The zero-order chi connectivity index (χ0) is 13.8. The van der Waals surface area contributed by atoms with Crippen molar-refractivity contribution in [2.45, 2.75) is 12.8 Å². The highest BCUT2D eigenvalue weighted by molar-refractivity contribution is 7.11. The van der Waals surface area contributed by atoms with Crippen LogP contribution in [0.25, 0.3) is 21.7 Å².